The lowest BCUT2D eigenvalue weighted by molar-refractivity contribution is -0.131. The van der Waals surface area contributed by atoms with Crippen LogP contribution in [0.5, 0.6) is 5.75 Å². The lowest BCUT2D eigenvalue weighted by atomic mass is 9.96. The Morgan fingerprint density at radius 1 is 1.22 bits per heavy atom. The van der Waals surface area contributed by atoms with E-state index in [0.29, 0.717) is 36.9 Å². The summed E-state index contributed by atoms with van der Waals surface area (Å²) in [7, 11) is 0. The largest absolute Gasteiger partial charge is 0.427 e. The number of nitrogens with one attached hydrogen (secondary N) is 1. The van der Waals surface area contributed by atoms with Crippen molar-refractivity contribution in [3.8, 4) is 5.75 Å². The highest BCUT2D eigenvalue weighted by Gasteiger charge is 2.24. The van der Waals surface area contributed by atoms with Crippen LogP contribution in [-0.2, 0) is 9.59 Å². The normalized spacial score (nSPS) is 15.4. The Bertz CT molecular complexity index is 719. The van der Waals surface area contributed by atoms with E-state index in [-0.39, 0.29) is 11.8 Å². The van der Waals surface area contributed by atoms with Gasteiger partial charge in [0.05, 0.1) is 0 Å². The first kappa shape index (κ1) is 20.7. The minimum atomic E-state index is -0.411. The fraction of sp³-hybridized carbons (Fsp3) is 0.476. The second-order valence-electron chi connectivity index (χ2n) is 6.95. The first-order chi connectivity index (χ1) is 12.9. The molecule has 0 aromatic heterocycles. The van der Waals surface area contributed by atoms with Crippen molar-refractivity contribution in [2.45, 2.75) is 40.0 Å². The third-order valence-corrected chi connectivity index (χ3v) is 4.74. The number of allylic oxidation sites excluding steroid dienone is 1. The van der Waals surface area contributed by atoms with Gasteiger partial charge in [-0.15, -0.1) is 0 Å². The number of esters is 1. The highest BCUT2D eigenvalue weighted by atomic mass is 16.5. The molecule has 1 aliphatic rings. The molecule has 6 nitrogen and oxygen atoms in total. The predicted octanol–water partition coefficient (Wildman–Crippen LogP) is 2.94. The van der Waals surface area contributed by atoms with Gasteiger partial charge in [0, 0.05) is 38.2 Å². The zero-order chi connectivity index (χ0) is 19.8. The number of carbonyl (C=O) groups is 3. The summed E-state index contributed by atoms with van der Waals surface area (Å²) in [6, 6.07) is 6.68. The summed E-state index contributed by atoms with van der Waals surface area (Å²) in [6.07, 6.45) is 4.22. The fourth-order valence-corrected chi connectivity index (χ4v) is 3.00. The van der Waals surface area contributed by atoms with Gasteiger partial charge in [-0.1, -0.05) is 18.6 Å². The molecule has 0 aliphatic carbocycles. The smallest absolute Gasteiger partial charge is 0.308 e. The SMILES string of the molecule is CC/C(C)=C/C(=O)NCC1CCN(C(=O)c2cccc(OC(C)=O)c2)CC1. The van der Waals surface area contributed by atoms with Gasteiger partial charge in [-0.05, 0) is 50.3 Å². The molecule has 0 radical (unpaired) electrons. The monoisotopic (exact) mass is 372 g/mol. The number of nitrogens with zero attached hydrogens (tertiary/aromatic N) is 1. The van der Waals surface area contributed by atoms with Gasteiger partial charge in [0.1, 0.15) is 5.75 Å². The molecular formula is C21H28N2O4. The first-order valence-electron chi connectivity index (χ1n) is 9.41. The number of benzene rings is 1. The van der Waals surface area contributed by atoms with E-state index in [1.165, 1.54) is 6.92 Å². The van der Waals surface area contributed by atoms with Crippen LogP contribution >= 0.6 is 0 Å². The maximum Gasteiger partial charge on any atom is 0.308 e. The molecule has 1 aliphatic heterocycles. The Kier molecular flexibility index (Phi) is 7.58. The van der Waals surface area contributed by atoms with Crippen LogP contribution in [0.1, 0.15) is 50.4 Å². The van der Waals surface area contributed by atoms with Crippen LogP contribution < -0.4 is 10.1 Å². The van der Waals surface area contributed by atoms with E-state index in [4.69, 9.17) is 4.74 Å². The van der Waals surface area contributed by atoms with Gasteiger partial charge < -0.3 is 15.0 Å². The fourth-order valence-electron chi connectivity index (χ4n) is 3.00. The summed E-state index contributed by atoms with van der Waals surface area (Å²) in [5.41, 5.74) is 1.57. The van der Waals surface area contributed by atoms with E-state index in [0.717, 1.165) is 24.8 Å². The number of ether oxygens (including phenoxy) is 1. The summed E-state index contributed by atoms with van der Waals surface area (Å²) >= 11 is 0. The van der Waals surface area contributed by atoms with E-state index in [1.807, 2.05) is 18.7 Å². The third kappa shape index (κ3) is 6.55. The summed E-state index contributed by atoms with van der Waals surface area (Å²) in [4.78, 5) is 37.4. The molecule has 1 N–H and O–H groups in total. The molecule has 0 spiro atoms. The van der Waals surface area contributed by atoms with Crippen molar-refractivity contribution < 1.29 is 19.1 Å². The second kappa shape index (κ2) is 9.90. The molecule has 2 rings (SSSR count). The minimum Gasteiger partial charge on any atom is -0.427 e. The first-order valence-corrected chi connectivity index (χ1v) is 9.41. The van der Waals surface area contributed by atoms with Gasteiger partial charge in [0.25, 0.3) is 5.91 Å². The molecule has 0 bridgehead atoms. The number of carbonyl (C=O) groups excluding carboxylic acids is 3. The lowest BCUT2D eigenvalue weighted by Gasteiger charge is -2.32. The molecule has 1 aromatic carbocycles. The summed E-state index contributed by atoms with van der Waals surface area (Å²) < 4.78 is 5.04. The number of hydrogen-bond acceptors (Lipinski definition) is 4. The maximum absolute atomic E-state index is 12.7. The Balaban J connectivity index is 1.84. The van der Waals surface area contributed by atoms with Crippen LogP contribution in [0.4, 0.5) is 0 Å². The molecule has 1 saturated heterocycles. The van der Waals surface area contributed by atoms with Gasteiger partial charge >= 0.3 is 5.97 Å². The second-order valence-corrected chi connectivity index (χ2v) is 6.95. The third-order valence-electron chi connectivity index (χ3n) is 4.74. The van der Waals surface area contributed by atoms with Crippen LogP contribution in [0.3, 0.4) is 0 Å². The number of hydrogen-bond donors (Lipinski definition) is 1. The van der Waals surface area contributed by atoms with Crippen molar-refractivity contribution in [2.24, 2.45) is 5.92 Å². The van der Waals surface area contributed by atoms with Crippen LogP contribution in [0.15, 0.2) is 35.9 Å². The summed E-state index contributed by atoms with van der Waals surface area (Å²) in [5.74, 6) is 0.233. The number of piperidine rings is 1. The lowest BCUT2D eigenvalue weighted by Crippen LogP contribution is -2.41. The molecule has 1 fully saturated rings. The number of amides is 2. The standard InChI is InChI=1S/C21H28N2O4/c1-4-15(2)12-20(25)22-14-17-8-10-23(11-9-17)21(26)18-6-5-7-19(13-18)27-16(3)24/h5-7,12-13,17H,4,8-11,14H2,1-3H3,(H,22,25)/b15-12+. The molecule has 1 aromatic rings. The molecule has 0 unspecified atom stereocenters. The molecule has 27 heavy (non-hydrogen) atoms. The summed E-state index contributed by atoms with van der Waals surface area (Å²) in [6.45, 7) is 7.24. The van der Waals surface area contributed by atoms with E-state index in [1.54, 1.807) is 30.3 Å². The zero-order valence-corrected chi connectivity index (χ0v) is 16.3. The zero-order valence-electron chi connectivity index (χ0n) is 16.3. The van der Waals surface area contributed by atoms with E-state index in [9.17, 15) is 14.4 Å². The molecule has 2 amide bonds. The van der Waals surface area contributed by atoms with Gasteiger partial charge in [-0.2, -0.15) is 0 Å². The molecule has 146 valence electrons. The van der Waals surface area contributed by atoms with E-state index >= 15 is 0 Å². The van der Waals surface area contributed by atoms with Crippen molar-refractivity contribution in [1.82, 2.24) is 10.2 Å². The van der Waals surface area contributed by atoms with Gasteiger partial charge in [0.15, 0.2) is 0 Å². The van der Waals surface area contributed by atoms with Gasteiger partial charge in [0.2, 0.25) is 5.91 Å². The van der Waals surface area contributed by atoms with Gasteiger partial charge in [-0.25, -0.2) is 0 Å². The minimum absolute atomic E-state index is 0.0462. The highest BCUT2D eigenvalue weighted by molar-refractivity contribution is 5.94. The average Bonchev–Trinajstić information content (AvgIpc) is 2.65. The molecule has 6 heteroatoms. The maximum atomic E-state index is 12.7. The number of likely N-dealkylation sites (tertiary alicyclic amines) is 1. The van der Waals surface area contributed by atoms with Crippen molar-refractivity contribution >= 4 is 17.8 Å². The molecule has 0 saturated carbocycles. The van der Waals surface area contributed by atoms with Crippen LogP contribution in [0, 0.1) is 5.92 Å². The number of rotatable bonds is 6. The Hall–Kier alpha value is -2.63. The summed E-state index contributed by atoms with van der Waals surface area (Å²) in [5, 5.41) is 2.95. The topological polar surface area (TPSA) is 75.7 Å². The van der Waals surface area contributed by atoms with E-state index < -0.39 is 5.97 Å². The van der Waals surface area contributed by atoms with Crippen LogP contribution in [-0.4, -0.2) is 42.3 Å². The van der Waals surface area contributed by atoms with E-state index in [2.05, 4.69) is 5.32 Å². The molecule has 1 heterocycles. The molecular weight excluding hydrogens is 344 g/mol. The Labute approximate surface area is 160 Å². The average molecular weight is 372 g/mol. The van der Waals surface area contributed by atoms with Crippen molar-refractivity contribution in [3.05, 3.63) is 41.5 Å². The van der Waals surface area contributed by atoms with Crippen molar-refractivity contribution in [2.75, 3.05) is 19.6 Å². The quantitative estimate of drug-likeness (QED) is 0.473. The highest BCUT2D eigenvalue weighted by Crippen LogP contribution is 2.20. The van der Waals surface area contributed by atoms with Gasteiger partial charge in [-0.3, -0.25) is 14.4 Å². The Morgan fingerprint density at radius 3 is 2.56 bits per heavy atom. The van der Waals surface area contributed by atoms with Crippen molar-refractivity contribution in [3.63, 3.8) is 0 Å². The van der Waals surface area contributed by atoms with Crippen LogP contribution in [0.2, 0.25) is 0 Å². The van der Waals surface area contributed by atoms with Crippen LogP contribution in [0.25, 0.3) is 0 Å². The van der Waals surface area contributed by atoms with Crippen molar-refractivity contribution in [1.29, 1.82) is 0 Å². The predicted molar refractivity (Wildman–Crippen MR) is 103 cm³/mol. The molecule has 0 atom stereocenters. The Morgan fingerprint density at radius 2 is 1.93 bits per heavy atom.